The highest BCUT2D eigenvalue weighted by Gasteiger charge is 2.29. The number of ketones is 2. The molecule has 6 nitrogen and oxygen atoms in total. The number of carbonyl (C=O) groups excluding carboxylic acids is 2. The number of hydrogen-bond acceptors (Lipinski definition) is 4. The van der Waals surface area contributed by atoms with Gasteiger partial charge in [0.15, 0.2) is 0 Å². The molecule has 0 atom stereocenters. The molecule has 0 saturated carbocycles. The number of nitrogens with zero attached hydrogens (tertiary/aromatic N) is 1. The number of H-pyrrole nitrogens is 1. The van der Waals surface area contributed by atoms with Crippen LogP contribution in [0.4, 0.5) is 0 Å². The maximum atomic E-state index is 13.4. The van der Waals surface area contributed by atoms with Gasteiger partial charge < -0.3 is 14.5 Å². The van der Waals surface area contributed by atoms with Crippen LogP contribution in [0.5, 0.6) is 11.5 Å². The summed E-state index contributed by atoms with van der Waals surface area (Å²) in [5, 5.41) is 0.128. The quantitative estimate of drug-likeness (QED) is 0.260. The molecular weight excluding hydrogens is 522 g/mol. The van der Waals surface area contributed by atoms with Gasteiger partial charge in [-0.1, -0.05) is 46.4 Å². The van der Waals surface area contributed by atoms with Crippen molar-refractivity contribution >= 4 is 58.0 Å². The Kier molecular flexibility index (Phi) is 6.96. The van der Waals surface area contributed by atoms with Crippen LogP contribution in [-0.4, -0.2) is 35.3 Å². The molecule has 174 valence electrons. The van der Waals surface area contributed by atoms with E-state index in [4.69, 9.17) is 55.9 Å². The summed E-state index contributed by atoms with van der Waals surface area (Å²) in [6.45, 7) is 0. The normalized spacial score (nSPS) is 10.9. The zero-order chi connectivity index (χ0) is 24.6. The summed E-state index contributed by atoms with van der Waals surface area (Å²) in [6, 6.07) is 14.4. The maximum absolute atomic E-state index is 13.4. The van der Waals surface area contributed by atoms with Crippen LogP contribution in [0.15, 0.2) is 54.6 Å². The summed E-state index contributed by atoms with van der Waals surface area (Å²) < 4.78 is 11.6. The molecule has 0 aliphatic carbocycles. The molecule has 0 amide bonds. The number of aromatic amines is 1. The Morgan fingerprint density at radius 2 is 1.29 bits per heavy atom. The lowest BCUT2D eigenvalue weighted by atomic mass is 10.1. The second-order valence-corrected chi connectivity index (χ2v) is 8.62. The third kappa shape index (κ3) is 4.30. The van der Waals surface area contributed by atoms with Crippen LogP contribution in [0.2, 0.25) is 20.4 Å². The van der Waals surface area contributed by atoms with Crippen LogP contribution in [0.25, 0.3) is 5.69 Å². The largest absolute Gasteiger partial charge is 0.497 e. The van der Waals surface area contributed by atoms with Crippen molar-refractivity contribution in [1.29, 1.82) is 0 Å². The van der Waals surface area contributed by atoms with Crippen molar-refractivity contribution in [3.63, 3.8) is 0 Å². The molecule has 2 aromatic heterocycles. The van der Waals surface area contributed by atoms with Crippen LogP contribution in [0.1, 0.15) is 32.1 Å². The van der Waals surface area contributed by atoms with Crippen LogP contribution < -0.4 is 9.47 Å². The molecular formula is C24H16Cl4N2O4. The van der Waals surface area contributed by atoms with E-state index in [-0.39, 0.29) is 37.4 Å². The number of benzene rings is 2. The molecule has 4 rings (SSSR count). The predicted molar refractivity (Wildman–Crippen MR) is 133 cm³/mol. The fraction of sp³-hybridized carbons (Fsp3) is 0.0833. The molecule has 0 unspecified atom stereocenters. The molecule has 0 bridgehead atoms. The molecule has 10 heteroatoms. The van der Waals surface area contributed by atoms with E-state index in [9.17, 15) is 9.59 Å². The molecule has 0 aliphatic heterocycles. The van der Waals surface area contributed by atoms with Crippen molar-refractivity contribution in [3.8, 4) is 17.2 Å². The average molecular weight is 538 g/mol. The van der Waals surface area contributed by atoms with Crippen molar-refractivity contribution in [2.45, 2.75) is 0 Å². The van der Waals surface area contributed by atoms with Gasteiger partial charge in [0.2, 0.25) is 11.6 Å². The number of halogens is 4. The van der Waals surface area contributed by atoms with Gasteiger partial charge in [-0.05, 0) is 54.6 Å². The van der Waals surface area contributed by atoms with Gasteiger partial charge in [-0.3, -0.25) is 14.2 Å². The minimum atomic E-state index is -0.421. The molecule has 2 heterocycles. The molecule has 1 N–H and O–H groups in total. The minimum Gasteiger partial charge on any atom is -0.497 e. The second kappa shape index (κ2) is 9.76. The molecule has 0 fully saturated rings. The van der Waals surface area contributed by atoms with Gasteiger partial charge in [-0.15, -0.1) is 0 Å². The first-order chi connectivity index (χ1) is 16.3. The lowest BCUT2D eigenvalue weighted by Crippen LogP contribution is -2.13. The van der Waals surface area contributed by atoms with Crippen molar-refractivity contribution < 1.29 is 19.1 Å². The Bertz CT molecular complexity index is 1280. The molecule has 2 aromatic carbocycles. The van der Waals surface area contributed by atoms with Gasteiger partial charge >= 0.3 is 0 Å². The van der Waals surface area contributed by atoms with E-state index in [1.807, 2.05) is 0 Å². The smallest absolute Gasteiger partial charge is 0.211 e. The number of nitrogens with one attached hydrogen (secondary N) is 1. The Balaban J connectivity index is 1.87. The number of rotatable bonds is 7. The SMILES string of the molecule is COc1ccc(C(=O)c2[nH]c(Cl)c(Cl)c2-n2c(C(=O)c3ccc(OC)cc3)cc(Cl)c2Cl)cc1. The summed E-state index contributed by atoms with van der Waals surface area (Å²) in [5.41, 5.74) is 0.948. The molecule has 0 radical (unpaired) electrons. The van der Waals surface area contributed by atoms with Crippen LogP contribution in [0.3, 0.4) is 0 Å². The Morgan fingerprint density at radius 3 is 1.79 bits per heavy atom. The number of methoxy groups -OCH3 is 2. The third-order valence-electron chi connectivity index (χ3n) is 5.16. The van der Waals surface area contributed by atoms with Crippen molar-refractivity contribution in [2.75, 3.05) is 14.2 Å². The number of aromatic nitrogens is 2. The van der Waals surface area contributed by atoms with Crippen LogP contribution in [0, 0.1) is 0 Å². The van der Waals surface area contributed by atoms with E-state index in [2.05, 4.69) is 4.98 Å². The Hall–Kier alpha value is -2.90. The number of carbonyl (C=O) groups is 2. The van der Waals surface area contributed by atoms with Crippen LogP contribution in [-0.2, 0) is 0 Å². The summed E-state index contributed by atoms with van der Waals surface area (Å²) >= 11 is 25.5. The zero-order valence-corrected chi connectivity index (χ0v) is 20.8. The molecule has 0 saturated heterocycles. The summed E-state index contributed by atoms with van der Waals surface area (Å²) in [4.78, 5) is 29.5. The zero-order valence-electron chi connectivity index (χ0n) is 17.8. The molecule has 0 spiro atoms. The first-order valence-electron chi connectivity index (χ1n) is 9.78. The lowest BCUT2D eigenvalue weighted by Gasteiger charge is -2.12. The van der Waals surface area contributed by atoms with E-state index in [1.165, 1.54) is 24.9 Å². The lowest BCUT2D eigenvalue weighted by molar-refractivity contribution is 0.102. The van der Waals surface area contributed by atoms with E-state index in [0.717, 1.165) is 0 Å². The first kappa shape index (κ1) is 24.2. The monoisotopic (exact) mass is 536 g/mol. The van der Waals surface area contributed by atoms with Crippen molar-refractivity contribution in [2.24, 2.45) is 0 Å². The molecule has 0 aliphatic rings. The number of ether oxygens (including phenoxy) is 2. The fourth-order valence-corrected chi connectivity index (χ4v) is 4.26. The fourth-order valence-electron chi connectivity index (χ4n) is 3.43. The molecule has 34 heavy (non-hydrogen) atoms. The standard InChI is InChI=1S/C24H16Cl4N2O4/c1-33-14-7-3-12(4-8-14)21(31)17-11-16(25)24(28)30(17)20-18(26)23(27)29-19(20)22(32)13-5-9-15(34-2)10-6-13/h3-11,29H,1-2H3. The second-order valence-electron chi connectivity index (χ2n) is 7.10. The average Bonchev–Trinajstić information content (AvgIpc) is 3.32. The minimum absolute atomic E-state index is 0.000115. The third-order valence-corrected chi connectivity index (χ3v) is 6.66. The number of hydrogen-bond donors (Lipinski definition) is 1. The Morgan fingerprint density at radius 1 is 0.794 bits per heavy atom. The van der Waals surface area contributed by atoms with Crippen LogP contribution >= 0.6 is 46.4 Å². The highest BCUT2D eigenvalue weighted by Crippen LogP contribution is 2.39. The summed E-state index contributed by atoms with van der Waals surface area (Å²) in [6.07, 6.45) is 0. The maximum Gasteiger partial charge on any atom is 0.211 e. The highest BCUT2D eigenvalue weighted by molar-refractivity contribution is 6.45. The summed E-state index contributed by atoms with van der Waals surface area (Å²) in [7, 11) is 3.05. The van der Waals surface area contributed by atoms with Gasteiger partial charge in [-0.25, -0.2) is 0 Å². The van der Waals surface area contributed by atoms with E-state index < -0.39 is 11.6 Å². The van der Waals surface area contributed by atoms with Gasteiger partial charge in [-0.2, -0.15) is 0 Å². The van der Waals surface area contributed by atoms with Gasteiger partial charge in [0.05, 0.1) is 30.6 Å². The predicted octanol–water partition coefficient (Wildman–Crippen LogP) is 6.90. The summed E-state index contributed by atoms with van der Waals surface area (Å²) in [5.74, 6) is 0.366. The highest BCUT2D eigenvalue weighted by atomic mass is 35.5. The first-order valence-corrected chi connectivity index (χ1v) is 11.3. The van der Waals surface area contributed by atoms with E-state index in [1.54, 1.807) is 48.5 Å². The molecule has 4 aromatic rings. The van der Waals surface area contributed by atoms with E-state index in [0.29, 0.717) is 22.6 Å². The van der Waals surface area contributed by atoms with Crippen molar-refractivity contribution in [1.82, 2.24) is 9.55 Å². The Labute approximate surface area is 214 Å². The van der Waals surface area contributed by atoms with Gasteiger partial charge in [0.1, 0.15) is 32.5 Å². The van der Waals surface area contributed by atoms with Gasteiger partial charge in [0, 0.05) is 11.1 Å². The topological polar surface area (TPSA) is 73.3 Å². The van der Waals surface area contributed by atoms with E-state index >= 15 is 0 Å². The van der Waals surface area contributed by atoms with Crippen molar-refractivity contribution in [3.05, 3.63) is 97.5 Å². The van der Waals surface area contributed by atoms with Gasteiger partial charge in [0.25, 0.3) is 0 Å².